The molecule has 4 aromatic rings. The molecular formula is C16H10ClN3O2S. The van der Waals surface area contributed by atoms with Crippen LogP contribution in [-0.4, -0.2) is 14.4 Å². The van der Waals surface area contributed by atoms with Crippen molar-refractivity contribution >= 4 is 40.1 Å². The van der Waals surface area contributed by atoms with Gasteiger partial charge in [0.25, 0.3) is 10.8 Å². The van der Waals surface area contributed by atoms with E-state index in [9.17, 15) is 4.79 Å². The summed E-state index contributed by atoms with van der Waals surface area (Å²) in [6, 6.07) is 12.3. The number of nitrogens with zero attached hydrogens (tertiary/aromatic N) is 3. The summed E-state index contributed by atoms with van der Waals surface area (Å²) in [5, 5.41) is 1.14. The van der Waals surface area contributed by atoms with Crippen LogP contribution in [0.3, 0.4) is 0 Å². The Morgan fingerprint density at radius 3 is 3.00 bits per heavy atom. The molecule has 7 heteroatoms. The lowest BCUT2D eigenvalue weighted by Gasteiger charge is -2.02. The molecule has 0 aliphatic rings. The van der Waals surface area contributed by atoms with E-state index in [1.165, 1.54) is 22.2 Å². The lowest BCUT2D eigenvalue weighted by atomic mass is 10.3. The minimum atomic E-state index is -0.101. The van der Waals surface area contributed by atoms with Gasteiger partial charge >= 0.3 is 0 Å². The van der Waals surface area contributed by atoms with Crippen molar-refractivity contribution in [2.24, 2.45) is 0 Å². The van der Waals surface area contributed by atoms with Crippen LogP contribution in [-0.2, 0) is 5.75 Å². The molecule has 3 aromatic heterocycles. The molecule has 0 aliphatic heterocycles. The minimum Gasteiger partial charge on any atom is -0.431 e. The fourth-order valence-electron chi connectivity index (χ4n) is 2.25. The smallest absolute Gasteiger partial charge is 0.258 e. The number of thioether (sulfide) groups is 1. The van der Waals surface area contributed by atoms with Gasteiger partial charge in [0.05, 0.1) is 5.69 Å². The first-order valence-electron chi connectivity index (χ1n) is 6.85. The largest absolute Gasteiger partial charge is 0.431 e. The topological polar surface area (TPSA) is 60.4 Å². The normalized spacial score (nSPS) is 11.3. The van der Waals surface area contributed by atoms with Crippen molar-refractivity contribution in [1.82, 2.24) is 14.4 Å². The molecule has 5 nitrogen and oxygen atoms in total. The van der Waals surface area contributed by atoms with Crippen LogP contribution in [0.5, 0.6) is 0 Å². The summed E-state index contributed by atoms with van der Waals surface area (Å²) in [5.74, 6) is 0.501. The number of hydrogen-bond donors (Lipinski definition) is 0. The molecule has 1 aromatic carbocycles. The van der Waals surface area contributed by atoms with Crippen molar-refractivity contribution in [2.45, 2.75) is 11.0 Å². The Bertz CT molecular complexity index is 1070. The lowest BCUT2D eigenvalue weighted by Crippen LogP contribution is -2.14. The molecule has 0 spiro atoms. The minimum absolute atomic E-state index is 0.101. The highest BCUT2D eigenvalue weighted by atomic mass is 35.5. The zero-order valence-corrected chi connectivity index (χ0v) is 13.3. The summed E-state index contributed by atoms with van der Waals surface area (Å²) in [4.78, 5) is 20.9. The molecule has 0 amide bonds. The summed E-state index contributed by atoms with van der Waals surface area (Å²) in [5.41, 5.74) is 2.61. The number of rotatable bonds is 3. The highest BCUT2D eigenvalue weighted by molar-refractivity contribution is 7.98. The van der Waals surface area contributed by atoms with Crippen LogP contribution in [0.25, 0.3) is 16.7 Å². The Morgan fingerprint density at radius 1 is 1.17 bits per heavy atom. The maximum atomic E-state index is 12.0. The maximum Gasteiger partial charge on any atom is 0.258 e. The number of halogens is 1. The second-order valence-electron chi connectivity index (χ2n) is 4.90. The highest BCUT2D eigenvalue weighted by Crippen LogP contribution is 2.27. The van der Waals surface area contributed by atoms with Gasteiger partial charge in [0.1, 0.15) is 11.2 Å². The Balaban J connectivity index is 1.61. The number of aromatic nitrogens is 3. The zero-order chi connectivity index (χ0) is 15.8. The van der Waals surface area contributed by atoms with Gasteiger partial charge in [-0.05, 0) is 30.3 Å². The summed E-state index contributed by atoms with van der Waals surface area (Å²) < 4.78 is 7.15. The van der Waals surface area contributed by atoms with E-state index in [4.69, 9.17) is 16.0 Å². The van der Waals surface area contributed by atoms with E-state index < -0.39 is 0 Å². The van der Waals surface area contributed by atoms with Crippen LogP contribution >= 0.6 is 23.4 Å². The standard InChI is InChI=1S/C16H10ClN3O2S/c17-10-4-5-13-12(7-10)19-16(22-13)23-9-11-8-15(21)20-6-2-1-3-14(20)18-11/h1-8H,9H2. The molecule has 4 rings (SSSR count). The van der Waals surface area contributed by atoms with Gasteiger partial charge < -0.3 is 4.42 Å². The van der Waals surface area contributed by atoms with E-state index in [2.05, 4.69) is 9.97 Å². The number of fused-ring (bicyclic) bond motifs is 2. The first kappa shape index (κ1) is 14.3. The van der Waals surface area contributed by atoms with Crippen LogP contribution in [0, 0.1) is 0 Å². The van der Waals surface area contributed by atoms with Crippen molar-refractivity contribution in [3.63, 3.8) is 0 Å². The molecule has 23 heavy (non-hydrogen) atoms. The van der Waals surface area contributed by atoms with Gasteiger partial charge in [-0.3, -0.25) is 9.20 Å². The van der Waals surface area contributed by atoms with E-state index >= 15 is 0 Å². The molecule has 0 unspecified atom stereocenters. The molecule has 0 atom stereocenters. The average Bonchev–Trinajstić information content (AvgIpc) is 2.95. The molecule has 0 radical (unpaired) electrons. The number of hydrogen-bond acceptors (Lipinski definition) is 5. The summed E-state index contributed by atoms with van der Waals surface area (Å²) in [7, 11) is 0. The van der Waals surface area contributed by atoms with Crippen LogP contribution in [0.15, 0.2) is 63.1 Å². The molecule has 3 heterocycles. The van der Waals surface area contributed by atoms with Gasteiger partial charge in [0.15, 0.2) is 5.58 Å². The van der Waals surface area contributed by atoms with Gasteiger partial charge in [-0.25, -0.2) is 9.97 Å². The second kappa shape index (κ2) is 5.72. The molecule has 0 fully saturated rings. The predicted molar refractivity (Wildman–Crippen MR) is 90.0 cm³/mol. The van der Waals surface area contributed by atoms with Crippen molar-refractivity contribution in [2.75, 3.05) is 0 Å². The monoisotopic (exact) mass is 343 g/mol. The maximum absolute atomic E-state index is 12.0. The van der Waals surface area contributed by atoms with Crippen LogP contribution in [0.2, 0.25) is 5.02 Å². The summed E-state index contributed by atoms with van der Waals surface area (Å²) in [6.45, 7) is 0. The molecule has 114 valence electrons. The Labute approximate surface area is 139 Å². The van der Waals surface area contributed by atoms with Gasteiger partial charge in [-0.1, -0.05) is 29.4 Å². The fraction of sp³-hybridized carbons (Fsp3) is 0.0625. The first-order valence-corrected chi connectivity index (χ1v) is 8.22. The van der Waals surface area contributed by atoms with Crippen LogP contribution in [0.4, 0.5) is 0 Å². The lowest BCUT2D eigenvalue weighted by molar-refractivity contribution is 0.489. The summed E-state index contributed by atoms with van der Waals surface area (Å²) in [6.07, 6.45) is 1.70. The quantitative estimate of drug-likeness (QED) is 0.530. The third-order valence-electron chi connectivity index (χ3n) is 3.30. The van der Waals surface area contributed by atoms with Crippen molar-refractivity contribution in [1.29, 1.82) is 0 Å². The number of pyridine rings is 1. The number of benzene rings is 1. The Morgan fingerprint density at radius 2 is 2.09 bits per heavy atom. The van der Waals surface area contributed by atoms with E-state index in [0.29, 0.717) is 38.4 Å². The van der Waals surface area contributed by atoms with E-state index in [1.807, 2.05) is 6.07 Å². The van der Waals surface area contributed by atoms with Crippen molar-refractivity contribution < 1.29 is 4.42 Å². The summed E-state index contributed by atoms with van der Waals surface area (Å²) >= 11 is 7.33. The second-order valence-corrected chi connectivity index (χ2v) is 6.26. The van der Waals surface area contributed by atoms with Gasteiger partial charge in [-0.15, -0.1) is 0 Å². The van der Waals surface area contributed by atoms with Crippen molar-refractivity contribution in [3.05, 3.63) is 69.7 Å². The molecule has 0 aliphatic carbocycles. The fourth-order valence-corrected chi connectivity index (χ4v) is 3.15. The molecule has 0 bridgehead atoms. The van der Waals surface area contributed by atoms with Crippen LogP contribution in [0.1, 0.15) is 5.69 Å². The molecule has 0 saturated carbocycles. The third kappa shape index (κ3) is 2.83. The van der Waals surface area contributed by atoms with Crippen molar-refractivity contribution in [3.8, 4) is 0 Å². The van der Waals surface area contributed by atoms with Gasteiger partial charge in [0.2, 0.25) is 0 Å². The Hall–Kier alpha value is -2.31. The SMILES string of the molecule is O=c1cc(CSc2nc3cc(Cl)ccc3o2)nc2ccccn12. The highest BCUT2D eigenvalue weighted by Gasteiger charge is 2.09. The van der Waals surface area contributed by atoms with Crippen LogP contribution < -0.4 is 5.56 Å². The Kier molecular flexibility index (Phi) is 3.55. The zero-order valence-electron chi connectivity index (χ0n) is 11.8. The third-order valence-corrected chi connectivity index (χ3v) is 4.39. The predicted octanol–water partition coefficient (Wildman–Crippen LogP) is 3.78. The molecular weight excluding hydrogens is 334 g/mol. The van der Waals surface area contributed by atoms with Gasteiger partial charge in [0, 0.05) is 23.0 Å². The molecule has 0 saturated heterocycles. The van der Waals surface area contributed by atoms with E-state index in [0.717, 1.165) is 0 Å². The first-order chi connectivity index (χ1) is 11.2. The van der Waals surface area contributed by atoms with E-state index in [1.54, 1.807) is 36.5 Å². The molecule has 0 N–H and O–H groups in total. The number of oxazole rings is 1. The van der Waals surface area contributed by atoms with E-state index in [-0.39, 0.29) is 5.56 Å². The average molecular weight is 344 g/mol. The van der Waals surface area contributed by atoms with Gasteiger partial charge in [-0.2, -0.15) is 0 Å².